The first kappa shape index (κ1) is 10.7. The summed E-state index contributed by atoms with van der Waals surface area (Å²) in [7, 11) is 0. The summed E-state index contributed by atoms with van der Waals surface area (Å²) in [6.45, 7) is 5.76. The van der Waals surface area contributed by atoms with Gasteiger partial charge in [0.25, 0.3) is 0 Å². The average Bonchev–Trinajstić information content (AvgIpc) is 2.53. The van der Waals surface area contributed by atoms with E-state index in [-0.39, 0.29) is 6.10 Å². The van der Waals surface area contributed by atoms with Crippen molar-refractivity contribution in [3.63, 3.8) is 0 Å². The van der Waals surface area contributed by atoms with Gasteiger partial charge in [-0.25, -0.2) is 0 Å². The largest absolute Gasteiger partial charge is 0.391 e. The van der Waals surface area contributed by atoms with Crippen LogP contribution < -0.4 is 10.6 Å². The molecule has 0 saturated carbocycles. The van der Waals surface area contributed by atoms with Crippen LogP contribution in [0.3, 0.4) is 0 Å². The van der Waals surface area contributed by atoms with Gasteiger partial charge < -0.3 is 15.7 Å². The lowest BCUT2D eigenvalue weighted by atomic mass is 9.96. The van der Waals surface area contributed by atoms with Gasteiger partial charge in [-0.3, -0.25) is 0 Å². The Morgan fingerprint density at radius 2 is 2.33 bits per heavy atom. The Morgan fingerprint density at radius 1 is 1.60 bits per heavy atom. The van der Waals surface area contributed by atoms with E-state index in [1.165, 1.54) is 11.5 Å². The Morgan fingerprint density at radius 3 is 2.87 bits per heavy atom. The smallest absolute Gasteiger partial charge is 0.142 e. The molecule has 0 aliphatic carbocycles. The molecule has 1 saturated heterocycles. The monoisotopic (exact) mass is 227 g/mol. The van der Waals surface area contributed by atoms with E-state index in [1.54, 1.807) is 0 Å². The summed E-state index contributed by atoms with van der Waals surface area (Å²) >= 11 is 1.43. The molecular formula is C10H17N3OS. The molecule has 0 aromatic carbocycles. The van der Waals surface area contributed by atoms with E-state index in [4.69, 9.17) is 5.73 Å². The third-order valence-corrected chi connectivity index (χ3v) is 4.17. The fourth-order valence-corrected chi connectivity index (χ4v) is 2.71. The van der Waals surface area contributed by atoms with Crippen LogP contribution in [0.1, 0.15) is 18.9 Å². The number of β-amino-alcohol motifs (C(OH)–C–C–N with tert-alkyl or cyclic N) is 1. The van der Waals surface area contributed by atoms with Gasteiger partial charge in [0, 0.05) is 18.7 Å². The number of aliphatic hydroxyl groups is 1. The van der Waals surface area contributed by atoms with Gasteiger partial charge in [-0.1, -0.05) is 6.92 Å². The van der Waals surface area contributed by atoms with Crippen LogP contribution in [-0.2, 0) is 0 Å². The Bertz CT molecular complexity index is 352. The summed E-state index contributed by atoms with van der Waals surface area (Å²) < 4.78 is 4.13. The summed E-state index contributed by atoms with van der Waals surface area (Å²) in [4.78, 5) is 2.19. The van der Waals surface area contributed by atoms with Gasteiger partial charge >= 0.3 is 0 Å². The van der Waals surface area contributed by atoms with E-state index in [0.717, 1.165) is 23.5 Å². The van der Waals surface area contributed by atoms with E-state index in [1.807, 2.05) is 6.92 Å². The first-order valence-electron chi connectivity index (χ1n) is 5.24. The van der Waals surface area contributed by atoms with Crippen molar-refractivity contribution in [3.05, 3.63) is 5.56 Å². The van der Waals surface area contributed by atoms with E-state index >= 15 is 0 Å². The third-order valence-electron chi connectivity index (χ3n) is 3.14. The Balaban J connectivity index is 2.15. The molecule has 2 rings (SSSR count). The van der Waals surface area contributed by atoms with Crippen LogP contribution in [0.5, 0.6) is 0 Å². The molecule has 84 valence electrons. The maximum Gasteiger partial charge on any atom is 0.142 e. The van der Waals surface area contributed by atoms with E-state index in [9.17, 15) is 5.11 Å². The van der Waals surface area contributed by atoms with Crippen LogP contribution in [0.25, 0.3) is 0 Å². The lowest BCUT2D eigenvalue weighted by molar-refractivity contribution is 0.103. The molecule has 1 fully saturated rings. The van der Waals surface area contributed by atoms with Gasteiger partial charge in [0.2, 0.25) is 0 Å². The minimum atomic E-state index is -0.235. The maximum absolute atomic E-state index is 9.82. The zero-order valence-corrected chi connectivity index (χ0v) is 9.92. The molecule has 0 spiro atoms. The molecule has 1 aromatic heterocycles. The van der Waals surface area contributed by atoms with Crippen LogP contribution in [0.15, 0.2) is 0 Å². The fourth-order valence-electron chi connectivity index (χ4n) is 1.87. The van der Waals surface area contributed by atoms with Crippen molar-refractivity contribution >= 4 is 22.4 Å². The molecular weight excluding hydrogens is 210 g/mol. The number of hydrogen-bond acceptors (Lipinski definition) is 5. The Hall–Kier alpha value is -0.810. The van der Waals surface area contributed by atoms with Crippen molar-refractivity contribution in [2.24, 2.45) is 5.92 Å². The number of aliphatic hydroxyl groups excluding tert-OH is 1. The zero-order valence-electron chi connectivity index (χ0n) is 9.10. The van der Waals surface area contributed by atoms with Gasteiger partial charge in [0.1, 0.15) is 10.8 Å². The number of rotatable bonds is 1. The minimum Gasteiger partial charge on any atom is -0.391 e. The summed E-state index contributed by atoms with van der Waals surface area (Å²) in [6, 6.07) is 0. The normalized spacial score (nSPS) is 27.0. The average molecular weight is 227 g/mol. The Labute approximate surface area is 93.9 Å². The first-order valence-corrected chi connectivity index (χ1v) is 6.01. The van der Waals surface area contributed by atoms with Gasteiger partial charge in [0.05, 0.1) is 6.10 Å². The zero-order chi connectivity index (χ0) is 11.0. The highest BCUT2D eigenvalue weighted by Crippen LogP contribution is 2.32. The molecule has 2 atom stereocenters. The molecule has 0 amide bonds. The van der Waals surface area contributed by atoms with Crippen molar-refractivity contribution in [2.45, 2.75) is 26.4 Å². The minimum absolute atomic E-state index is 0.235. The van der Waals surface area contributed by atoms with Crippen molar-refractivity contribution in [1.29, 1.82) is 0 Å². The van der Waals surface area contributed by atoms with Crippen molar-refractivity contribution < 1.29 is 5.11 Å². The van der Waals surface area contributed by atoms with Crippen LogP contribution in [0, 0.1) is 12.8 Å². The summed E-state index contributed by atoms with van der Waals surface area (Å²) in [5.41, 5.74) is 6.76. The molecule has 5 heteroatoms. The highest BCUT2D eigenvalue weighted by molar-refractivity contribution is 7.10. The standard InChI is InChI=1S/C10H17N3OS/c1-6-3-4-13(5-8(6)14)10-7(2)9(11)12-15-10/h6,8,14H,3-5H2,1-2H3,(H2,11,12). The summed E-state index contributed by atoms with van der Waals surface area (Å²) in [6.07, 6.45) is 0.791. The van der Waals surface area contributed by atoms with Crippen molar-refractivity contribution in [3.8, 4) is 0 Å². The van der Waals surface area contributed by atoms with Gasteiger partial charge in [-0.15, -0.1) is 0 Å². The third kappa shape index (κ3) is 1.94. The van der Waals surface area contributed by atoms with E-state index in [0.29, 0.717) is 18.3 Å². The molecule has 1 aliphatic rings. The number of piperidine rings is 1. The van der Waals surface area contributed by atoms with Crippen molar-refractivity contribution in [2.75, 3.05) is 23.7 Å². The van der Waals surface area contributed by atoms with Gasteiger partial charge in [-0.05, 0) is 30.8 Å². The predicted octanol–water partition coefficient (Wildman–Crippen LogP) is 1.24. The second-order valence-electron chi connectivity index (χ2n) is 4.28. The number of nitrogens with zero attached hydrogens (tertiary/aromatic N) is 2. The number of anilines is 2. The fraction of sp³-hybridized carbons (Fsp3) is 0.700. The molecule has 4 nitrogen and oxygen atoms in total. The van der Waals surface area contributed by atoms with Crippen LogP contribution in [0.4, 0.5) is 10.8 Å². The van der Waals surface area contributed by atoms with Crippen molar-refractivity contribution in [1.82, 2.24) is 4.37 Å². The quantitative estimate of drug-likeness (QED) is 0.757. The van der Waals surface area contributed by atoms with Crippen LogP contribution in [0.2, 0.25) is 0 Å². The Kier molecular flexibility index (Phi) is 2.84. The summed E-state index contributed by atoms with van der Waals surface area (Å²) in [5, 5.41) is 10.9. The molecule has 0 bridgehead atoms. The van der Waals surface area contributed by atoms with Gasteiger partial charge in [0.15, 0.2) is 0 Å². The molecule has 1 aromatic rings. The van der Waals surface area contributed by atoms with E-state index in [2.05, 4.69) is 16.2 Å². The highest BCUT2D eigenvalue weighted by atomic mass is 32.1. The number of aromatic nitrogens is 1. The second-order valence-corrected chi connectivity index (χ2v) is 5.03. The molecule has 0 radical (unpaired) electrons. The molecule has 2 unspecified atom stereocenters. The number of nitrogens with two attached hydrogens (primary N) is 1. The summed E-state index contributed by atoms with van der Waals surface area (Å²) in [5.74, 6) is 1.01. The molecule has 15 heavy (non-hydrogen) atoms. The molecule has 3 N–H and O–H groups in total. The lowest BCUT2D eigenvalue weighted by Gasteiger charge is -2.35. The van der Waals surface area contributed by atoms with Crippen LogP contribution in [-0.4, -0.2) is 28.7 Å². The predicted molar refractivity (Wildman–Crippen MR) is 63.3 cm³/mol. The SMILES string of the molecule is Cc1c(N)nsc1N1CCC(C)C(O)C1. The van der Waals surface area contributed by atoms with Crippen LogP contribution >= 0.6 is 11.5 Å². The highest BCUT2D eigenvalue weighted by Gasteiger charge is 2.26. The topological polar surface area (TPSA) is 62.4 Å². The first-order chi connectivity index (χ1) is 7.09. The molecule has 2 heterocycles. The lowest BCUT2D eigenvalue weighted by Crippen LogP contribution is -2.42. The molecule has 1 aliphatic heterocycles. The van der Waals surface area contributed by atoms with Gasteiger partial charge in [-0.2, -0.15) is 4.37 Å². The second kappa shape index (κ2) is 3.98. The maximum atomic E-state index is 9.82. The number of nitrogen functional groups attached to an aromatic ring is 1. The van der Waals surface area contributed by atoms with E-state index < -0.39 is 0 Å². The number of hydrogen-bond donors (Lipinski definition) is 2.